The van der Waals surface area contributed by atoms with Gasteiger partial charge in [-0.25, -0.2) is 8.42 Å². The molecule has 0 radical (unpaired) electrons. The minimum absolute atomic E-state index is 0.00742. The molecule has 0 spiro atoms. The van der Waals surface area contributed by atoms with Crippen molar-refractivity contribution in [2.45, 2.75) is 57.1 Å². The van der Waals surface area contributed by atoms with Gasteiger partial charge in [-0.05, 0) is 67.8 Å². The summed E-state index contributed by atoms with van der Waals surface area (Å²) in [6.45, 7) is 5.02. The number of carbonyl (C=O) groups excluding carboxylic acids is 2. The molecular formula is C35H36Cl3N3O4S. The second-order valence-electron chi connectivity index (χ2n) is 11.1. The molecule has 4 rings (SSSR count). The van der Waals surface area contributed by atoms with Crippen molar-refractivity contribution in [3.05, 3.63) is 129 Å². The lowest BCUT2D eigenvalue weighted by Crippen LogP contribution is -2.54. The van der Waals surface area contributed by atoms with Crippen LogP contribution < -0.4 is 9.62 Å². The van der Waals surface area contributed by atoms with E-state index in [-0.39, 0.29) is 45.5 Å². The van der Waals surface area contributed by atoms with Gasteiger partial charge >= 0.3 is 0 Å². The highest BCUT2D eigenvalue weighted by Crippen LogP contribution is 2.35. The summed E-state index contributed by atoms with van der Waals surface area (Å²) >= 11 is 19.2. The molecule has 0 aromatic heterocycles. The fraction of sp³-hybridized carbons (Fsp3) is 0.257. The topological polar surface area (TPSA) is 86.8 Å². The molecule has 0 saturated heterocycles. The molecular weight excluding hydrogens is 665 g/mol. The third-order valence-corrected chi connectivity index (χ3v) is 10.4. The number of hydrogen-bond donors (Lipinski definition) is 1. The van der Waals surface area contributed by atoms with Gasteiger partial charge in [0.25, 0.3) is 10.0 Å². The number of hydrogen-bond acceptors (Lipinski definition) is 4. The molecule has 2 atom stereocenters. The predicted octanol–water partition coefficient (Wildman–Crippen LogP) is 7.71. The normalized spacial score (nSPS) is 12.7. The summed E-state index contributed by atoms with van der Waals surface area (Å²) < 4.78 is 29.4. The van der Waals surface area contributed by atoms with Gasteiger partial charge in [-0.3, -0.25) is 13.9 Å². The Morgan fingerprint density at radius 2 is 1.50 bits per heavy atom. The Hall–Kier alpha value is -3.56. The van der Waals surface area contributed by atoms with E-state index in [0.29, 0.717) is 17.0 Å². The maximum absolute atomic E-state index is 14.6. The van der Waals surface area contributed by atoms with Crippen LogP contribution in [-0.2, 0) is 32.6 Å². The second kappa shape index (κ2) is 15.8. The highest BCUT2D eigenvalue weighted by atomic mass is 35.5. The van der Waals surface area contributed by atoms with E-state index in [9.17, 15) is 18.0 Å². The zero-order valence-corrected chi connectivity index (χ0v) is 28.9. The fourth-order valence-electron chi connectivity index (χ4n) is 4.86. The average molecular weight is 701 g/mol. The van der Waals surface area contributed by atoms with Crippen LogP contribution in [0.25, 0.3) is 0 Å². The van der Waals surface area contributed by atoms with Crippen LogP contribution in [0, 0.1) is 6.92 Å². The molecule has 0 aliphatic heterocycles. The minimum Gasteiger partial charge on any atom is -0.352 e. The zero-order chi connectivity index (χ0) is 33.4. The molecule has 4 aromatic rings. The van der Waals surface area contributed by atoms with Gasteiger partial charge in [0.15, 0.2) is 0 Å². The first-order valence-electron chi connectivity index (χ1n) is 14.8. The smallest absolute Gasteiger partial charge is 0.264 e. The maximum Gasteiger partial charge on any atom is 0.264 e. The van der Waals surface area contributed by atoms with E-state index in [0.717, 1.165) is 15.4 Å². The molecule has 0 bridgehead atoms. The van der Waals surface area contributed by atoms with Crippen molar-refractivity contribution in [2.24, 2.45) is 0 Å². The monoisotopic (exact) mass is 699 g/mol. The third kappa shape index (κ3) is 8.82. The summed E-state index contributed by atoms with van der Waals surface area (Å²) in [4.78, 5) is 29.9. The molecule has 0 heterocycles. The molecule has 0 aliphatic rings. The summed E-state index contributed by atoms with van der Waals surface area (Å²) in [5, 5.41) is 3.58. The van der Waals surface area contributed by atoms with Crippen molar-refractivity contribution in [2.75, 3.05) is 10.8 Å². The minimum atomic E-state index is -4.32. The number of anilines is 1. The van der Waals surface area contributed by atoms with Crippen molar-refractivity contribution in [3.63, 3.8) is 0 Å². The Kier molecular flexibility index (Phi) is 12.1. The van der Waals surface area contributed by atoms with Gasteiger partial charge in [-0.2, -0.15) is 0 Å². The van der Waals surface area contributed by atoms with Crippen molar-refractivity contribution in [1.29, 1.82) is 0 Å². The number of amides is 2. The molecule has 0 aliphatic carbocycles. The predicted molar refractivity (Wildman–Crippen MR) is 186 cm³/mol. The number of carbonyl (C=O) groups is 2. The molecule has 0 fully saturated rings. The Morgan fingerprint density at radius 1 is 0.848 bits per heavy atom. The number of benzene rings is 4. The molecule has 11 heteroatoms. The number of rotatable bonds is 13. The van der Waals surface area contributed by atoms with Gasteiger partial charge < -0.3 is 10.2 Å². The van der Waals surface area contributed by atoms with Crippen LogP contribution in [0.1, 0.15) is 37.0 Å². The SMILES string of the molecule is CC[C@@H](C)NC(=O)[C@H](Cc1ccccc1)N(Cc1cccc(Cl)c1)C(=O)CN(c1cccc(Cl)c1Cl)S(=O)(=O)c1ccc(C)cc1. The van der Waals surface area contributed by atoms with Crippen molar-refractivity contribution in [1.82, 2.24) is 10.2 Å². The van der Waals surface area contributed by atoms with Crippen LogP contribution in [0.2, 0.25) is 15.1 Å². The zero-order valence-electron chi connectivity index (χ0n) is 25.8. The van der Waals surface area contributed by atoms with Gasteiger partial charge in [0.05, 0.1) is 20.6 Å². The average Bonchev–Trinajstić information content (AvgIpc) is 3.03. The molecule has 0 saturated carbocycles. The van der Waals surface area contributed by atoms with Gasteiger partial charge in [0, 0.05) is 24.0 Å². The first-order valence-corrected chi connectivity index (χ1v) is 17.4. The molecule has 0 unspecified atom stereocenters. The van der Waals surface area contributed by atoms with Crippen LogP contribution in [0.3, 0.4) is 0 Å². The Morgan fingerprint density at radius 3 is 2.15 bits per heavy atom. The Labute approximate surface area is 286 Å². The van der Waals surface area contributed by atoms with Gasteiger partial charge in [0.2, 0.25) is 11.8 Å². The van der Waals surface area contributed by atoms with E-state index < -0.39 is 28.5 Å². The van der Waals surface area contributed by atoms with E-state index in [1.165, 1.54) is 29.2 Å². The van der Waals surface area contributed by atoms with Crippen LogP contribution in [0.15, 0.2) is 102 Å². The fourth-order valence-corrected chi connectivity index (χ4v) is 6.95. The van der Waals surface area contributed by atoms with Crippen molar-refractivity contribution < 1.29 is 18.0 Å². The standard InChI is InChI=1S/C35H36Cl3N3O4S/c1-4-25(3)39-35(43)32(21-26-10-6-5-7-11-26)40(22-27-12-8-13-28(36)20-27)33(42)23-41(31-15-9-14-30(37)34(31)38)46(44,45)29-18-16-24(2)17-19-29/h5-20,25,32H,4,21-23H2,1-3H3,(H,39,43)/t25-,32+/m1/s1. The Balaban J connectivity index is 1.84. The van der Waals surface area contributed by atoms with Gasteiger partial charge in [-0.15, -0.1) is 0 Å². The highest BCUT2D eigenvalue weighted by Gasteiger charge is 2.35. The number of aryl methyl sites for hydroxylation is 1. The van der Waals surface area contributed by atoms with Gasteiger partial charge in [-0.1, -0.05) is 108 Å². The second-order valence-corrected chi connectivity index (χ2v) is 14.2. The van der Waals surface area contributed by atoms with Crippen LogP contribution >= 0.6 is 34.8 Å². The van der Waals surface area contributed by atoms with E-state index in [1.54, 1.807) is 42.5 Å². The Bertz CT molecular complexity index is 1770. The van der Waals surface area contributed by atoms with Crippen LogP contribution in [0.4, 0.5) is 5.69 Å². The summed E-state index contributed by atoms with van der Waals surface area (Å²) in [7, 11) is -4.32. The van der Waals surface area contributed by atoms with E-state index in [2.05, 4.69) is 5.32 Å². The maximum atomic E-state index is 14.6. The molecule has 2 amide bonds. The van der Waals surface area contributed by atoms with Crippen molar-refractivity contribution in [3.8, 4) is 0 Å². The summed E-state index contributed by atoms with van der Waals surface area (Å²) in [5.41, 5.74) is 2.40. The lowest BCUT2D eigenvalue weighted by molar-refractivity contribution is -0.140. The number of halogens is 3. The van der Waals surface area contributed by atoms with Gasteiger partial charge in [0.1, 0.15) is 12.6 Å². The van der Waals surface area contributed by atoms with E-state index in [1.807, 2.05) is 51.1 Å². The highest BCUT2D eigenvalue weighted by molar-refractivity contribution is 7.92. The molecule has 46 heavy (non-hydrogen) atoms. The first-order chi connectivity index (χ1) is 21.9. The quantitative estimate of drug-likeness (QED) is 0.155. The van der Waals surface area contributed by atoms with E-state index >= 15 is 0 Å². The summed E-state index contributed by atoms with van der Waals surface area (Å²) in [5.74, 6) is -0.978. The first kappa shape index (κ1) is 35.3. The molecule has 242 valence electrons. The summed E-state index contributed by atoms with van der Waals surface area (Å²) in [6, 6.07) is 26.1. The number of sulfonamides is 1. The lowest BCUT2D eigenvalue weighted by atomic mass is 10.0. The van der Waals surface area contributed by atoms with Crippen LogP contribution in [0.5, 0.6) is 0 Å². The third-order valence-electron chi connectivity index (χ3n) is 7.60. The number of nitrogens with one attached hydrogen (secondary N) is 1. The molecule has 1 N–H and O–H groups in total. The number of nitrogens with zero attached hydrogens (tertiary/aromatic N) is 2. The largest absolute Gasteiger partial charge is 0.352 e. The molecule has 4 aromatic carbocycles. The molecule has 7 nitrogen and oxygen atoms in total. The van der Waals surface area contributed by atoms with E-state index in [4.69, 9.17) is 34.8 Å². The van der Waals surface area contributed by atoms with Crippen LogP contribution in [-0.4, -0.2) is 43.8 Å². The summed E-state index contributed by atoms with van der Waals surface area (Å²) in [6.07, 6.45) is 0.875. The van der Waals surface area contributed by atoms with Crippen molar-refractivity contribution >= 4 is 62.3 Å². The lowest BCUT2D eigenvalue weighted by Gasteiger charge is -2.34.